The summed E-state index contributed by atoms with van der Waals surface area (Å²) in [6.07, 6.45) is 4.80. The molecule has 3 heterocycles. The van der Waals surface area contributed by atoms with E-state index in [-0.39, 0.29) is 11.1 Å². The van der Waals surface area contributed by atoms with Crippen molar-refractivity contribution in [3.8, 4) is 16.9 Å². The molecule has 12 heteroatoms. The molecule has 2 aromatic carbocycles. The van der Waals surface area contributed by atoms with Crippen molar-refractivity contribution in [1.29, 1.82) is 5.41 Å². The van der Waals surface area contributed by atoms with Crippen LogP contribution in [0.3, 0.4) is 0 Å². The van der Waals surface area contributed by atoms with E-state index in [0.29, 0.717) is 73.0 Å². The molecule has 0 saturated carbocycles. The Morgan fingerprint density at radius 1 is 1.20 bits per heavy atom. The average molecular weight is 639 g/mol. The monoisotopic (exact) mass is 638 g/mol. The fourth-order valence-electron chi connectivity index (χ4n) is 5.61. The van der Waals surface area contributed by atoms with Gasteiger partial charge in [0.05, 0.1) is 22.9 Å². The molecule has 0 bridgehead atoms. The number of nitrogens with two attached hydrogens (primary N) is 1. The predicted molar refractivity (Wildman–Crippen MR) is 177 cm³/mol. The van der Waals surface area contributed by atoms with Gasteiger partial charge in [0.15, 0.2) is 5.82 Å². The number of alkyl halides is 1. The second-order valence-electron chi connectivity index (χ2n) is 11.9. The number of hydrogen-bond donors (Lipinski definition) is 5. The summed E-state index contributed by atoms with van der Waals surface area (Å²) < 4.78 is 29.8. The molecule has 1 aliphatic rings. The molecule has 6 N–H and O–H groups in total. The van der Waals surface area contributed by atoms with Crippen LogP contribution in [0.1, 0.15) is 43.7 Å². The van der Waals surface area contributed by atoms with E-state index in [2.05, 4.69) is 20.6 Å². The number of aryl methyl sites for hydroxylation is 1. The Labute approximate surface area is 266 Å². The molecular formula is C33H41ClF2N8O. The Kier molecular flexibility index (Phi) is 11.0. The van der Waals surface area contributed by atoms with Crippen LogP contribution >= 0.6 is 11.6 Å². The average Bonchev–Trinajstić information content (AvgIpc) is 3.61. The molecule has 0 radical (unpaired) electrons. The van der Waals surface area contributed by atoms with E-state index < -0.39 is 17.7 Å². The number of hydrogen-bond acceptors (Lipinski definition) is 6. The Bertz CT molecular complexity index is 1670. The first kappa shape index (κ1) is 32.7. The van der Waals surface area contributed by atoms with Crippen molar-refractivity contribution in [3.05, 3.63) is 81.1 Å². The molecule has 0 spiro atoms. The highest BCUT2D eigenvalue weighted by Gasteiger charge is 2.22. The van der Waals surface area contributed by atoms with E-state index in [4.69, 9.17) is 22.7 Å². The van der Waals surface area contributed by atoms with Gasteiger partial charge in [-0.1, -0.05) is 23.7 Å². The zero-order chi connectivity index (χ0) is 31.9. The molecule has 1 aliphatic heterocycles. The summed E-state index contributed by atoms with van der Waals surface area (Å²) >= 11 is 6.24. The number of aromatic amines is 1. The number of nitrogens with one attached hydrogen (secondary N) is 4. The van der Waals surface area contributed by atoms with Crippen molar-refractivity contribution in [2.24, 2.45) is 5.73 Å². The number of fused-ring (bicyclic) bond motifs is 1. The number of likely N-dealkylation sites (tertiary alicyclic amines) is 1. The lowest BCUT2D eigenvalue weighted by atomic mass is 10.0. The Morgan fingerprint density at radius 3 is 2.73 bits per heavy atom. The summed E-state index contributed by atoms with van der Waals surface area (Å²) in [5, 5.41) is 15.2. The standard InChI is InChI=1S/C33H41ClF2N8O/c1-21(37)4-2-5-23-14-27(31(36)28(34)15-23)29-16-24-18-44(33(45)42-32(24)41-29)26-8-6-22(7-9-26)17-39-11-3-12-40-30(38)20-43-13-10-25(35)19-43/h6-9,14-16,18,21,25,39H,2-5,10-13,17,19-20,37H2,1H3,(H2,38,40)(H,41,42,45)/t21-,25?/m0/s1. The van der Waals surface area contributed by atoms with Gasteiger partial charge >= 0.3 is 5.69 Å². The van der Waals surface area contributed by atoms with Crippen LogP contribution in [-0.4, -0.2) is 70.2 Å². The van der Waals surface area contributed by atoms with Gasteiger partial charge in [0.25, 0.3) is 0 Å². The van der Waals surface area contributed by atoms with Crippen molar-refractivity contribution in [2.45, 2.75) is 57.8 Å². The van der Waals surface area contributed by atoms with E-state index in [9.17, 15) is 9.18 Å². The molecule has 2 aromatic heterocycles. The summed E-state index contributed by atoms with van der Waals surface area (Å²) in [5.41, 5.74) is 9.28. The zero-order valence-corrected chi connectivity index (χ0v) is 26.3. The highest BCUT2D eigenvalue weighted by Crippen LogP contribution is 2.31. The summed E-state index contributed by atoms with van der Waals surface area (Å²) in [5.74, 6) is -0.0997. The molecule has 1 unspecified atom stereocenters. The van der Waals surface area contributed by atoms with Crippen LogP contribution < -0.4 is 22.1 Å². The number of rotatable bonds is 14. The van der Waals surface area contributed by atoms with Crippen LogP contribution in [0, 0.1) is 11.2 Å². The Morgan fingerprint density at radius 2 is 2.00 bits per heavy atom. The van der Waals surface area contributed by atoms with Crippen LogP contribution in [0.5, 0.6) is 0 Å². The summed E-state index contributed by atoms with van der Waals surface area (Å²) in [4.78, 5) is 22.2. The molecule has 2 atom stereocenters. The normalized spacial score (nSPS) is 16.0. The second-order valence-corrected chi connectivity index (χ2v) is 12.3. The van der Waals surface area contributed by atoms with Gasteiger partial charge < -0.3 is 21.4 Å². The second kappa shape index (κ2) is 15.1. The van der Waals surface area contributed by atoms with E-state index in [1.807, 2.05) is 36.1 Å². The van der Waals surface area contributed by atoms with Gasteiger partial charge in [-0.05, 0) is 87.0 Å². The predicted octanol–water partition coefficient (Wildman–Crippen LogP) is 4.93. The number of H-pyrrole nitrogens is 1. The largest absolute Gasteiger partial charge is 0.373 e. The summed E-state index contributed by atoms with van der Waals surface area (Å²) in [6, 6.07) is 13.0. The van der Waals surface area contributed by atoms with Crippen molar-refractivity contribution in [1.82, 2.24) is 30.1 Å². The Hall–Kier alpha value is -3.64. The van der Waals surface area contributed by atoms with Gasteiger partial charge in [-0.3, -0.25) is 14.9 Å². The van der Waals surface area contributed by atoms with Crippen molar-refractivity contribution >= 4 is 28.5 Å². The molecule has 4 aromatic rings. The van der Waals surface area contributed by atoms with E-state index in [1.165, 1.54) is 4.57 Å². The molecule has 1 fully saturated rings. The minimum absolute atomic E-state index is 0.0487. The lowest BCUT2D eigenvalue weighted by molar-refractivity contribution is 0.309. The van der Waals surface area contributed by atoms with Crippen LogP contribution in [0.2, 0.25) is 5.02 Å². The highest BCUT2D eigenvalue weighted by molar-refractivity contribution is 6.31. The maximum absolute atomic E-state index is 15.1. The fraction of sp³-hybridized carbons (Fsp3) is 0.424. The van der Waals surface area contributed by atoms with Crippen LogP contribution in [0.4, 0.5) is 8.78 Å². The minimum atomic E-state index is -0.771. The van der Waals surface area contributed by atoms with Crippen LogP contribution in [-0.2, 0) is 13.0 Å². The molecule has 240 valence electrons. The van der Waals surface area contributed by atoms with Gasteiger partial charge in [0, 0.05) is 49.4 Å². The number of benzene rings is 2. The Balaban J connectivity index is 1.16. The first-order chi connectivity index (χ1) is 21.7. The van der Waals surface area contributed by atoms with Crippen molar-refractivity contribution < 1.29 is 8.78 Å². The molecule has 1 saturated heterocycles. The maximum atomic E-state index is 15.1. The third-order valence-electron chi connectivity index (χ3n) is 8.02. The third kappa shape index (κ3) is 8.76. The lowest BCUT2D eigenvalue weighted by Crippen LogP contribution is -2.36. The fourth-order valence-corrected chi connectivity index (χ4v) is 5.85. The SMILES string of the molecule is C[C@H](N)CCCc1cc(Cl)c(F)c(-c2cc3cn(-c4ccc(CNCCCNC(=N)CN5CCC(F)C5)cc4)c(=O)nc3[nH]2)c1. The lowest BCUT2D eigenvalue weighted by Gasteiger charge is -2.16. The van der Waals surface area contributed by atoms with Crippen molar-refractivity contribution in [2.75, 3.05) is 32.7 Å². The summed E-state index contributed by atoms with van der Waals surface area (Å²) in [6.45, 7) is 5.66. The minimum Gasteiger partial charge on any atom is -0.373 e. The molecule has 0 amide bonds. The number of nitrogens with zero attached hydrogens (tertiary/aromatic N) is 3. The smallest absolute Gasteiger partial charge is 0.354 e. The van der Waals surface area contributed by atoms with Gasteiger partial charge in [0.1, 0.15) is 17.7 Å². The zero-order valence-electron chi connectivity index (χ0n) is 25.5. The number of amidine groups is 1. The molecule has 5 rings (SSSR count). The molecule has 0 aliphatic carbocycles. The van der Waals surface area contributed by atoms with Crippen LogP contribution in [0.25, 0.3) is 28.0 Å². The quantitative estimate of drug-likeness (QED) is 0.0757. The van der Waals surface area contributed by atoms with Gasteiger partial charge in [-0.25, -0.2) is 13.6 Å². The van der Waals surface area contributed by atoms with Crippen LogP contribution in [0.15, 0.2) is 53.5 Å². The molecule has 45 heavy (non-hydrogen) atoms. The van der Waals surface area contributed by atoms with Gasteiger partial charge in [0.2, 0.25) is 0 Å². The topological polar surface area (TPSA) is 128 Å². The van der Waals surface area contributed by atoms with E-state index in [0.717, 1.165) is 43.4 Å². The third-order valence-corrected chi connectivity index (χ3v) is 8.30. The number of aromatic nitrogens is 3. The van der Waals surface area contributed by atoms with Crippen molar-refractivity contribution in [3.63, 3.8) is 0 Å². The van der Waals surface area contributed by atoms with Gasteiger partial charge in [-0.15, -0.1) is 0 Å². The molecular weight excluding hydrogens is 598 g/mol. The number of halogens is 3. The first-order valence-electron chi connectivity index (χ1n) is 15.5. The highest BCUT2D eigenvalue weighted by atomic mass is 35.5. The van der Waals surface area contributed by atoms with E-state index >= 15 is 4.39 Å². The summed E-state index contributed by atoms with van der Waals surface area (Å²) in [7, 11) is 0. The van der Waals surface area contributed by atoms with Gasteiger partial charge in [-0.2, -0.15) is 4.98 Å². The molecule has 9 nitrogen and oxygen atoms in total. The maximum Gasteiger partial charge on any atom is 0.354 e. The first-order valence-corrected chi connectivity index (χ1v) is 15.9. The van der Waals surface area contributed by atoms with E-state index in [1.54, 1.807) is 24.4 Å².